The number of aromatic nitrogens is 2. The molecule has 17 heteroatoms. The number of anilines is 1. The topological polar surface area (TPSA) is 159 Å². The van der Waals surface area contributed by atoms with Crippen molar-refractivity contribution in [3.63, 3.8) is 0 Å². The molecule has 2 aliphatic heterocycles. The Bertz CT molecular complexity index is 1660. The molecule has 2 fully saturated rings. The minimum Gasteiger partial charge on any atom is -0.476 e. The minimum atomic E-state index is -1.27. The molecule has 12 nitrogen and oxygen atoms in total. The van der Waals surface area contributed by atoms with Crippen LogP contribution in [0.3, 0.4) is 0 Å². The van der Waals surface area contributed by atoms with Crippen LogP contribution in [0.5, 0.6) is 5.75 Å². The first-order valence-corrected chi connectivity index (χ1v) is 14.1. The van der Waals surface area contributed by atoms with Crippen molar-refractivity contribution in [3.8, 4) is 23.1 Å². The Labute approximate surface area is 282 Å². The number of ether oxygens (including phenoxy) is 1. The molecule has 246 valence electrons. The summed E-state index contributed by atoms with van der Waals surface area (Å²) < 4.78 is 35.4. The molecule has 0 bridgehead atoms. The average Bonchev–Trinajstić information content (AvgIpc) is 3.62. The number of carbonyl (C=O) groups is 3. The van der Waals surface area contributed by atoms with Gasteiger partial charge in [0.05, 0.1) is 28.5 Å². The van der Waals surface area contributed by atoms with E-state index < -0.39 is 29.9 Å². The van der Waals surface area contributed by atoms with Gasteiger partial charge in [-0.15, -0.1) is 0 Å². The lowest BCUT2D eigenvalue weighted by Crippen LogP contribution is -2.54. The second-order valence-electron chi connectivity index (χ2n) is 10.4. The lowest BCUT2D eigenvalue weighted by Gasteiger charge is -2.36. The number of amides is 3. The number of halogens is 3. The van der Waals surface area contributed by atoms with Crippen LogP contribution in [-0.4, -0.2) is 88.5 Å². The van der Waals surface area contributed by atoms with Gasteiger partial charge in [0.1, 0.15) is 6.07 Å². The zero-order valence-electron chi connectivity index (χ0n) is 24.6. The first-order valence-electron chi connectivity index (χ1n) is 13.8. The molecular weight excluding hydrogens is 662 g/mol. The SMILES string of the molecule is Cn1c(-c2ccc(OCC#N)c(F)c2F)cnc1C(=O)Nc1ccc(C(=O)N2CCN(C(=O)[C@@H]3C[C@H](N)CN3)CC2)c(Cl)c1.S.S. The largest absolute Gasteiger partial charge is 0.476 e. The van der Waals surface area contributed by atoms with Crippen molar-refractivity contribution >= 4 is 62.0 Å². The fourth-order valence-corrected chi connectivity index (χ4v) is 5.51. The molecule has 3 heterocycles. The molecular formula is C29H33ClF2N8O4S2. The van der Waals surface area contributed by atoms with Crippen LogP contribution >= 0.6 is 38.6 Å². The molecule has 1 aromatic heterocycles. The predicted octanol–water partition coefficient (Wildman–Crippen LogP) is 2.37. The van der Waals surface area contributed by atoms with Crippen molar-refractivity contribution in [3.05, 3.63) is 64.6 Å². The summed E-state index contributed by atoms with van der Waals surface area (Å²) in [5.41, 5.74) is 6.39. The molecule has 3 amide bonds. The maximum absolute atomic E-state index is 14.8. The zero-order valence-corrected chi connectivity index (χ0v) is 27.4. The van der Waals surface area contributed by atoms with Crippen LogP contribution in [-0.2, 0) is 11.8 Å². The number of hydrogen-bond acceptors (Lipinski definition) is 8. The van der Waals surface area contributed by atoms with E-state index in [9.17, 15) is 23.2 Å². The van der Waals surface area contributed by atoms with E-state index in [1.807, 2.05) is 0 Å². The maximum atomic E-state index is 14.8. The predicted molar refractivity (Wildman–Crippen MR) is 177 cm³/mol. The molecule has 3 aromatic rings. The maximum Gasteiger partial charge on any atom is 0.291 e. The van der Waals surface area contributed by atoms with E-state index in [-0.39, 0.29) is 84.2 Å². The van der Waals surface area contributed by atoms with E-state index in [1.165, 1.54) is 48.1 Å². The molecule has 0 radical (unpaired) electrons. The highest BCUT2D eigenvalue weighted by Crippen LogP contribution is 2.30. The molecule has 0 unspecified atom stereocenters. The van der Waals surface area contributed by atoms with Gasteiger partial charge in [0.2, 0.25) is 11.7 Å². The molecule has 4 N–H and O–H groups in total. The van der Waals surface area contributed by atoms with Gasteiger partial charge in [-0.2, -0.15) is 36.6 Å². The molecule has 2 aromatic carbocycles. The second-order valence-corrected chi connectivity index (χ2v) is 10.8. The first kappa shape index (κ1) is 36.6. The van der Waals surface area contributed by atoms with Gasteiger partial charge >= 0.3 is 0 Å². The summed E-state index contributed by atoms with van der Waals surface area (Å²) >= 11 is 6.43. The normalized spacial score (nSPS) is 17.4. The summed E-state index contributed by atoms with van der Waals surface area (Å²) in [7, 11) is 1.47. The minimum absolute atomic E-state index is 0. The zero-order chi connectivity index (χ0) is 31.5. The van der Waals surface area contributed by atoms with Gasteiger partial charge in [0.15, 0.2) is 24.0 Å². The van der Waals surface area contributed by atoms with Gasteiger partial charge in [-0.3, -0.25) is 14.4 Å². The smallest absolute Gasteiger partial charge is 0.291 e. The van der Waals surface area contributed by atoms with Crippen molar-refractivity contribution in [1.82, 2.24) is 24.7 Å². The Morgan fingerprint density at radius 1 is 1.13 bits per heavy atom. The fraction of sp³-hybridized carbons (Fsp3) is 0.345. The molecule has 2 atom stereocenters. The van der Waals surface area contributed by atoms with Gasteiger partial charge in [0.25, 0.3) is 11.8 Å². The van der Waals surface area contributed by atoms with Crippen molar-refractivity contribution in [2.45, 2.75) is 18.5 Å². The summed E-state index contributed by atoms with van der Waals surface area (Å²) in [5, 5.41) is 14.5. The fourth-order valence-electron chi connectivity index (χ4n) is 5.25. The van der Waals surface area contributed by atoms with Gasteiger partial charge in [-0.1, -0.05) is 11.6 Å². The van der Waals surface area contributed by atoms with Crippen molar-refractivity contribution in [2.75, 3.05) is 44.6 Å². The monoisotopic (exact) mass is 694 g/mol. The van der Waals surface area contributed by atoms with Crippen molar-refractivity contribution < 1.29 is 27.9 Å². The third-order valence-electron chi connectivity index (χ3n) is 7.61. The van der Waals surface area contributed by atoms with E-state index in [0.717, 1.165) is 0 Å². The van der Waals surface area contributed by atoms with Gasteiger partial charge in [0, 0.05) is 57.1 Å². The second kappa shape index (κ2) is 15.6. The number of piperazine rings is 1. The number of nitrogens with zero attached hydrogens (tertiary/aromatic N) is 5. The third-order valence-corrected chi connectivity index (χ3v) is 7.92. The Morgan fingerprint density at radius 3 is 2.46 bits per heavy atom. The van der Waals surface area contributed by atoms with Gasteiger partial charge in [-0.05, 0) is 36.8 Å². The Morgan fingerprint density at radius 2 is 1.83 bits per heavy atom. The number of carbonyl (C=O) groups excluding carboxylic acids is 3. The Balaban J connectivity index is 0.00000288. The highest BCUT2D eigenvalue weighted by atomic mass is 35.5. The van der Waals surface area contributed by atoms with Gasteiger partial charge in [-0.25, -0.2) is 9.37 Å². The van der Waals surface area contributed by atoms with Crippen LogP contribution < -0.4 is 21.1 Å². The summed E-state index contributed by atoms with van der Waals surface area (Å²) in [6.07, 6.45) is 1.81. The molecule has 46 heavy (non-hydrogen) atoms. The lowest BCUT2D eigenvalue weighted by atomic mass is 10.1. The Hall–Kier alpha value is -3.88. The highest BCUT2D eigenvalue weighted by molar-refractivity contribution is 7.59. The van der Waals surface area contributed by atoms with E-state index in [4.69, 9.17) is 27.3 Å². The van der Waals surface area contributed by atoms with Crippen LogP contribution in [0, 0.1) is 23.0 Å². The van der Waals surface area contributed by atoms with Crippen LogP contribution in [0.4, 0.5) is 14.5 Å². The number of imidazole rings is 1. The van der Waals surface area contributed by atoms with Crippen LogP contribution in [0.25, 0.3) is 11.3 Å². The van der Waals surface area contributed by atoms with Crippen molar-refractivity contribution in [1.29, 1.82) is 5.26 Å². The standard InChI is InChI=1S/C29H29ClF2N8O4.2H2S/c1-38-22(19-4-5-23(44-11-6-33)25(32)24(19)31)15-36-26(38)27(41)37-17-2-3-18(20(30)13-17)28(42)39-7-9-40(10-8-39)29(43)21-12-16(34)14-35-21;;/h2-5,13,15-16,21,35H,7-12,14,34H2,1H3,(H,37,41);2*1H2/t16-,21-;;/m0../s1. The molecule has 0 spiro atoms. The number of nitrogens with one attached hydrogen (secondary N) is 2. The van der Waals surface area contributed by atoms with E-state index >= 15 is 0 Å². The summed E-state index contributed by atoms with van der Waals surface area (Å²) in [6, 6.07) is 8.24. The summed E-state index contributed by atoms with van der Waals surface area (Å²) in [5.74, 6) is -3.95. The number of nitrogens with two attached hydrogens (primary N) is 1. The Kier molecular flexibility index (Phi) is 12.4. The molecule has 5 rings (SSSR count). The van der Waals surface area contributed by atoms with Crippen LogP contribution in [0.15, 0.2) is 36.5 Å². The highest BCUT2D eigenvalue weighted by Gasteiger charge is 2.33. The number of hydrogen-bond donors (Lipinski definition) is 3. The summed E-state index contributed by atoms with van der Waals surface area (Å²) in [6.45, 7) is 1.64. The molecule has 2 aliphatic rings. The summed E-state index contributed by atoms with van der Waals surface area (Å²) in [4.78, 5) is 46.3. The van der Waals surface area contributed by atoms with Crippen LogP contribution in [0.2, 0.25) is 5.02 Å². The van der Waals surface area contributed by atoms with Gasteiger partial charge < -0.3 is 35.5 Å². The molecule has 2 saturated heterocycles. The molecule has 0 saturated carbocycles. The first-order chi connectivity index (χ1) is 21.1. The van der Waals surface area contributed by atoms with E-state index in [1.54, 1.807) is 15.9 Å². The lowest BCUT2D eigenvalue weighted by molar-refractivity contribution is -0.134. The number of benzene rings is 2. The number of nitriles is 1. The number of rotatable bonds is 7. The van der Waals surface area contributed by atoms with Crippen LogP contribution in [0.1, 0.15) is 27.4 Å². The van der Waals surface area contributed by atoms with E-state index in [2.05, 4.69) is 15.6 Å². The van der Waals surface area contributed by atoms with Crippen molar-refractivity contribution in [2.24, 2.45) is 12.8 Å². The van der Waals surface area contributed by atoms with E-state index in [0.29, 0.717) is 39.1 Å². The average molecular weight is 695 g/mol. The molecule has 0 aliphatic carbocycles. The third kappa shape index (κ3) is 7.56. The quantitative estimate of drug-likeness (QED) is 0.340.